The predicted octanol–water partition coefficient (Wildman–Crippen LogP) is 1.62. The lowest BCUT2D eigenvalue weighted by molar-refractivity contribution is -0.118. The van der Waals surface area contributed by atoms with Crippen LogP contribution >= 0.6 is 22.6 Å². The minimum atomic E-state index is -0.558. The Labute approximate surface area is 119 Å². The van der Waals surface area contributed by atoms with Gasteiger partial charge < -0.3 is 15.2 Å². The highest BCUT2D eigenvalue weighted by Crippen LogP contribution is 2.19. The molecule has 0 fully saturated rings. The molecule has 1 rings (SSSR count). The van der Waals surface area contributed by atoms with Gasteiger partial charge in [0.15, 0.2) is 0 Å². The maximum absolute atomic E-state index is 11.4. The van der Waals surface area contributed by atoms with Gasteiger partial charge in [-0.1, -0.05) is 28.7 Å². The first-order valence-corrected chi connectivity index (χ1v) is 6.92. The summed E-state index contributed by atoms with van der Waals surface area (Å²) in [5.41, 5.74) is 0.847. The van der Waals surface area contributed by atoms with Crippen molar-refractivity contribution in [2.75, 3.05) is 11.0 Å². The second-order valence-corrected chi connectivity index (χ2v) is 4.25. The summed E-state index contributed by atoms with van der Waals surface area (Å²) < 4.78 is 5.17. The van der Waals surface area contributed by atoms with Gasteiger partial charge in [-0.15, -0.1) is 0 Å². The topological polar surface area (TPSA) is 75.6 Å². The first-order chi connectivity index (χ1) is 8.58. The van der Waals surface area contributed by atoms with Crippen LogP contribution < -0.4 is 5.32 Å². The van der Waals surface area contributed by atoms with E-state index in [2.05, 4.69) is 5.32 Å². The number of carbonyl (C=O) groups excluding carboxylic acids is 2. The van der Waals surface area contributed by atoms with E-state index in [1.807, 2.05) is 22.6 Å². The Morgan fingerprint density at radius 1 is 1.44 bits per heavy atom. The number of halogens is 1. The monoisotopic (exact) mass is 363 g/mol. The van der Waals surface area contributed by atoms with E-state index in [1.54, 1.807) is 13.0 Å². The van der Waals surface area contributed by atoms with E-state index in [9.17, 15) is 14.7 Å². The zero-order valence-electron chi connectivity index (χ0n) is 9.90. The molecule has 1 aromatic carbocycles. The second kappa shape index (κ2) is 7.20. The van der Waals surface area contributed by atoms with Crippen LogP contribution in [0.15, 0.2) is 18.2 Å². The smallest absolute Gasteiger partial charge is 0.341 e. The Morgan fingerprint density at radius 3 is 2.72 bits per heavy atom. The summed E-state index contributed by atoms with van der Waals surface area (Å²) >= 11 is 1.96. The van der Waals surface area contributed by atoms with Crippen molar-refractivity contribution < 1.29 is 19.4 Å². The quantitative estimate of drug-likeness (QED) is 0.474. The van der Waals surface area contributed by atoms with E-state index < -0.39 is 5.97 Å². The number of carbonyl (C=O) groups is 2. The molecule has 0 unspecified atom stereocenters. The molecule has 1 aromatic rings. The van der Waals surface area contributed by atoms with E-state index in [1.165, 1.54) is 12.1 Å². The van der Waals surface area contributed by atoms with E-state index in [-0.39, 0.29) is 23.8 Å². The highest BCUT2D eigenvalue weighted by molar-refractivity contribution is 14.1. The van der Waals surface area contributed by atoms with Gasteiger partial charge in [0.1, 0.15) is 11.3 Å². The number of phenols is 1. The van der Waals surface area contributed by atoms with Gasteiger partial charge in [0, 0.05) is 6.54 Å². The van der Waals surface area contributed by atoms with Gasteiger partial charge in [0.05, 0.1) is 11.0 Å². The molecule has 0 aliphatic carbocycles. The van der Waals surface area contributed by atoms with Crippen LogP contribution in [0.1, 0.15) is 22.8 Å². The van der Waals surface area contributed by atoms with E-state index in [0.717, 1.165) is 5.56 Å². The van der Waals surface area contributed by atoms with Gasteiger partial charge in [-0.05, 0) is 24.6 Å². The third kappa shape index (κ3) is 4.17. The molecule has 18 heavy (non-hydrogen) atoms. The van der Waals surface area contributed by atoms with Crippen LogP contribution in [0.5, 0.6) is 5.75 Å². The molecular weight excluding hydrogens is 349 g/mol. The van der Waals surface area contributed by atoms with Gasteiger partial charge in [-0.25, -0.2) is 4.79 Å². The molecule has 0 spiro atoms. The molecule has 5 nitrogen and oxygen atoms in total. The Balaban J connectivity index is 2.73. The molecule has 6 heteroatoms. The highest BCUT2D eigenvalue weighted by Gasteiger charge is 2.12. The van der Waals surface area contributed by atoms with E-state index in [0.29, 0.717) is 11.0 Å². The standard InChI is InChI=1S/C12H14INO4/c1-2-18-12(17)9-4-3-8(5-10(9)15)7-14-11(16)6-13/h3-5,15H,2,6-7H2,1H3,(H,14,16). The number of amides is 1. The number of alkyl halides is 1. The Hall–Kier alpha value is -1.31. The van der Waals surface area contributed by atoms with Crippen LogP contribution in [0.4, 0.5) is 0 Å². The second-order valence-electron chi connectivity index (χ2n) is 3.48. The fourth-order valence-electron chi connectivity index (χ4n) is 1.32. The zero-order valence-corrected chi connectivity index (χ0v) is 12.1. The highest BCUT2D eigenvalue weighted by atomic mass is 127. The summed E-state index contributed by atoms with van der Waals surface area (Å²) in [5.74, 6) is -0.780. The number of esters is 1. The molecule has 0 aliphatic heterocycles. The number of ether oxygens (including phenoxy) is 1. The van der Waals surface area contributed by atoms with Gasteiger partial charge in [0.2, 0.25) is 5.91 Å². The molecule has 0 atom stereocenters. The number of nitrogens with one attached hydrogen (secondary N) is 1. The minimum Gasteiger partial charge on any atom is -0.507 e. The molecule has 0 aromatic heterocycles. The van der Waals surface area contributed by atoms with Crippen molar-refractivity contribution in [3.63, 3.8) is 0 Å². The van der Waals surface area contributed by atoms with Crippen LogP contribution in [0.2, 0.25) is 0 Å². The normalized spacial score (nSPS) is 9.89. The number of hydrogen-bond donors (Lipinski definition) is 2. The van der Waals surface area contributed by atoms with Crippen LogP contribution in [0.3, 0.4) is 0 Å². The molecule has 0 aliphatic rings. The minimum absolute atomic E-state index is 0.0791. The van der Waals surface area contributed by atoms with Gasteiger partial charge in [-0.3, -0.25) is 4.79 Å². The molecule has 1 amide bonds. The lowest BCUT2D eigenvalue weighted by Crippen LogP contribution is -2.23. The summed E-state index contributed by atoms with van der Waals surface area (Å²) in [6, 6.07) is 4.60. The number of rotatable bonds is 5. The summed E-state index contributed by atoms with van der Waals surface area (Å²) in [6.45, 7) is 2.27. The average molecular weight is 363 g/mol. The van der Waals surface area contributed by atoms with Crippen LogP contribution in [-0.4, -0.2) is 28.0 Å². The molecule has 0 bridgehead atoms. The van der Waals surface area contributed by atoms with Crippen molar-refractivity contribution in [1.29, 1.82) is 0 Å². The fraction of sp³-hybridized carbons (Fsp3) is 0.333. The molecule has 2 N–H and O–H groups in total. The predicted molar refractivity (Wildman–Crippen MR) is 74.8 cm³/mol. The van der Waals surface area contributed by atoms with Crippen LogP contribution in [0.25, 0.3) is 0 Å². The van der Waals surface area contributed by atoms with Crippen LogP contribution in [0, 0.1) is 0 Å². The maximum Gasteiger partial charge on any atom is 0.341 e. The maximum atomic E-state index is 11.4. The van der Waals surface area contributed by atoms with Crippen molar-refractivity contribution in [3.05, 3.63) is 29.3 Å². The number of phenolic OH excluding ortho intramolecular Hbond substituents is 1. The molecule has 0 radical (unpaired) electrons. The third-order valence-electron chi connectivity index (χ3n) is 2.17. The Bertz CT molecular complexity index is 448. The number of aromatic hydroxyl groups is 1. The molecule has 0 saturated heterocycles. The first kappa shape index (κ1) is 14.7. The van der Waals surface area contributed by atoms with E-state index in [4.69, 9.17) is 4.74 Å². The largest absolute Gasteiger partial charge is 0.507 e. The molecular formula is C12H14INO4. The molecule has 0 saturated carbocycles. The van der Waals surface area contributed by atoms with Crippen molar-refractivity contribution in [2.24, 2.45) is 0 Å². The van der Waals surface area contributed by atoms with Crippen molar-refractivity contribution in [1.82, 2.24) is 5.32 Å². The zero-order chi connectivity index (χ0) is 13.5. The summed E-state index contributed by atoms with van der Waals surface area (Å²) in [6.07, 6.45) is 0. The summed E-state index contributed by atoms with van der Waals surface area (Å²) in [7, 11) is 0. The number of hydrogen-bond acceptors (Lipinski definition) is 4. The van der Waals surface area contributed by atoms with Gasteiger partial charge in [0.25, 0.3) is 0 Å². The summed E-state index contributed by atoms with van der Waals surface area (Å²) in [4.78, 5) is 22.5. The number of benzene rings is 1. The summed E-state index contributed by atoms with van der Waals surface area (Å²) in [5, 5.41) is 12.4. The van der Waals surface area contributed by atoms with Crippen molar-refractivity contribution in [3.8, 4) is 5.75 Å². The fourth-order valence-corrected chi connectivity index (χ4v) is 1.59. The Morgan fingerprint density at radius 2 is 2.17 bits per heavy atom. The lowest BCUT2D eigenvalue weighted by atomic mass is 10.1. The van der Waals surface area contributed by atoms with Crippen molar-refractivity contribution in [2.45, 2.75) is 13.5 Å². The SMILES string of the molecule is CCOC(=O)c1ccc(CNC(=O)CI)cc1O. The average Bonchev–Trinajstić information content (AvgIpc) is 2.36. The van der Waals surface area contributed by atoms with Crippen molar-refractivity contribution >= 4 is 34.5 Å². The molecule has 0 heterocycles. The Kier molecular flexibility index (Phi) is 5.90. The van der Waals surface area contributed by atoms with Gasteiger partial charge in [-0.2, -0.15) is 0 Å². The van der Waals surface area contributed by atoms with Crippen LogP contribution in [-0.2, 0) is 16.1 Å². The lowest BCUT2D eigenvalue weighted by Gasteiger charge is -2.07. The van der Waals surface area contributed by atoms with E-state index >= 15 is 0 Å². The first-order valence-electron chi connectivity index (χ1n) is 5.40. The van der Waals surface area contributed by atoms with Gasteiger partial charge >= 0.3 is 5.97 Å². The molecule has 98 valence electrons. The third-order valence-corrected chi connectivity index (χ3v) is 2.86.